The van der Waals surface area contributed by atoms with Gasteiger partial charge in [0, 0.05) is 11.1 Å². The Labute approximate surface area is 120 Å². The van der Waals surface area contributed by atoms with E-state index in [4.69, 9.17) is 10.3 Å². The van der Waals surface area contributed by atoms with E-state index in [1.165, 1.54) is 25.0 Å². The van der Waals surface area contributed by atoms with E-state index in [2.05, 4.69) is 13.8 Å². The average Bonchev–Trinajstić information content (AvgIpc) is 2.42. The molecular formula is C15H21NO3S. The first-order valence-corrected chi connectivity index (χ1v) is 8.01. The average molecular weight is 295 g/mol. The molecule has 0 heterocycles. The van der Waals surface area contributed by atoms with Gasteiger partial charge in [-0.15, -0.1) is 0 Å². The molecule has 0 bridgehead atoms. The highest BCUT2D eigenvalue weighted by molar-refractivity contribution is 7.85. The van der Waals surface area contributed by atoms with Crippen LogP contribution in [0.2, 0.25) is 0 Å². The zero-order chi connectivity index (χ0) is 15.3. The molecule has 0 amide bonds. The van der Waals surface area contributed by atoms with Gasteiger partial charge in [-0.1, -0.05) is 44.9 Å². The maximum Gasteiger partial charge on any atom is 0.294 e. The largest absolute Gasteiger partial charge is 0.398 e. The molecule has 0 unspecified atom stereocenters. The third-order valence-corrected chi connectivity index (χ3v) is 3.90. The van der Waals surface area contributed by atoms with Crippen LogP contribution in [0.15, 0.2) is 35.2 Å². The van der Waals surface area contributed by atoms with Gasteiger partial charge in [0.1, 0.15) is 0 Å². The van der Waals surface area contributed by atoms with Gasteiger partial charge in [-0.25, -0.2) is 0 Å². The monoisotopic (exact) mass is 295 g/mol. The number of nitrogen functional groups attached to an aromatic ring is 1. The third kappa shape index (κ3) is 3.95. The predicted molar refractivity (Wildman–Crippen MR) is 83.5 cm³/mol. The van der Waals surface area contributed by atoms with Gasteiger partial charge in [0.15, 0.2) is 0 Å². The van der Waals surface area contributed by atoms with Crippen LogP contribution in [0.25, 0.3) is 10.8 Å². The van der Waals surface area contributed by atoms with Gasteiger partial charge < -0.3 is 5.73 Å². The topological polar surface area (TPSA) is 80.4 Å². The zero-order valence-electron chi connectivity index (χ0n) is 12.1. The highest BCUT2D eigenvalue weighted by atomic mass is 32.2. The normalized spacial score (nSPS) is 11.0. The molecule has 0 saturated heterocycles. The molecule has 0 aromatic heterocycles. The minimum absolute atomic E-state index is 0.122. The standard InChI is InChI=1S/C11H11NO3S.C4H10/c1-7-2-3-8-6-9(16(13,14)15)4-5-10(8)11(7)12;1-3-4-2/h2-6H,12H2,1H3,(H,13,14,15);3-4H2,1-2H3. The number of hydrogen-bond donors (Lipinski definition) is 2. The number of aryl methyl sites for hydroxylation is 1. The van der Waals surface area contributed by atoms with Crippen molar-refractivity contribution in [1.82, 2.24) is 0 Å². The molecular weight excluding hydrogens is 274 g/mol. The molecule has 0 aliphatic heterocycles. The van der Waals surface area contributed by atoms with Crippen molar-refractivity contribution in [3.63, 3.8) is 0 Å². The molecule has 0 radical (unpaired) electrons. The molecule has 2 rings (SSSR count). The van der Waals surface area contributed by atoms with Crippen LogP contribution in [0.1, 0.15) is 32.3 Å². The Hall–Kier alpha value is -1.59. The summed E-state index contributed by atoms with van der Waals surface area (Å²) in [5, 5.41) is 1.48. The number of anilines is 1. The van der Waals surface area contributed by atoms with Crippen molar-refractivity contribution in [3.8, 4) is 0 Å². The summed E-state index contributed by atoms with van der Waals surface area (Å²) in [7, 11) is -4.16. The minimum Gasteiger partial charge on any atom is -0.398 e. The van der Waals surface area contributed by atoms with E-state index in [1.54, 1.807) is 12.1 Å². The Bertz CT molecular complexity index is 692. The molecule has 4 nitrogen and oxygen atoms in total. The van der Waals surface area contributed by atoms with Crippen molar-refractivity contribution in [2.45, 2.75) is 38.5 Å². The molecule has 0 aliphatic carbocycles. The number of unbranched alkanes of at least 4 members (excludes halogenated alkanes) is 1. The SMILES string of the molecule is CCCC.Cc1ccc2cc(S(=O)(=O)O)ccc2c1N. The second-order valence-corrected chi connectivity index (χ2v) is 6.08. The Kier molecular flexibility index (Phi) is 5.53. The molecule has 0 aliphatic rings. The lowest BCUT2D eigenvalue weighted by Gasteiger charge is -2.06. The van der Waals surface area contributed by atoms with Crippen LogP contribution >= 0.6 is 0 Å². The zero-order valence-corrected chi connectivity index (χ0v) is 12.9. The van der Waals surface area contributed by atoms with Gasteiger partial charge in [0.25, 0.3) is 10.1 Å². The van der Waals surface area contributed by atoms with Crippen molar-refractivity contribution < 1.29 is 13.0 Å². The van der Waals surface area contributed by atoms with Crippen molar-refractivity contribution in [3.05, 3.63) is 35.9 Å². The van der Waals surface area contributed by atoms with Crippen molar-refractivity contribution in [1.29, 1.82) is 0 Å². The lowest BCUT2D eigenvalue weighted by Crippen LogP contribution is -1.98. The van der Waals surface area contributed by atoms with Crippen LogP contribution in [-0.2, 0) is 10.1 Å². The first-order valence-electron chi connectivity index (χ1n) is 6.57. The first-order chi connectivity index (χ1) is 9.31. The highest BCUT2D eigenvalue weighted by Crippen LogP contribution is 2.26. The quantitative estimate of drug-likeness (QED) is 0.652. The Morgan fingerprint density at radius 1 is 1.10 bits per heavy atom. The maximum atomic E-state index is 11.0. The number of benzene rings is 2. The van der Waals surface area contributed by atoms with Crippen LogP contribution in [0.5, 0.6) is 0 Å². The minimum atomic E-state index is -4.16. The van der Waals surface area contributed by atoms with Crippen LogP contribution in [0.4, 0.5) is 5.69 Å². The molecule has 2 aromatic carbocycles. The van der Waals surface area contributed by atoms with Crippen LogP contribution in [-0.4, -0.2) is 13.0 Å². The molecule has 5 heteroatoms. The van der Waals surface area contributed by atoms with E-state index in [0.717, 1.165) is 10.9 Å². The predicted octanol–water partition coefficient (Wildman–Crippen LogP) is 3.78. The summed E-state index contributed by atoms with van der Waals surface area (Å²) in [6.45, 7) is 6.24. The van der Waals surface area contributed by atoms with Gasteiger partial charge in [0.05, 0.1) is 4.90 Å². The number of fused-ring (bicyclic) bond motifs is 1. The molecule has 0 saturated carbocycles. The van der Waals surface area contributed by atoms with E-state index in [1.807, 2.05) is 13.0 Å². The van der Waals surface area contributed by atoms with Crippen LogP contribution in [0.3, 0.4) is 0 Å². The summed E-state index contributed by atoms with van der Waals surface area (Å²) >= 11 is 0. The summed E-state index contributed by atoms with van der Waals surface area (Å²) in [4.78, 5) is -0.122. The van der Waals surface area contributed by atoms with Crippen molar-refractivity contribution in [2.75, 3.05) is 5.73 Å². The lowest BCUT2D eigenvalue weighted by molar-refractivity contribution is 0.483. The number of hydrogen-bond acceptors (Lipinski definition) is 3. The Morgan fingerprint density at radius 2 is 1.70 bits per heavy atom. The summed E-state index contributed by atoms with van der Waals surface area (Å²) in [5.74, 6) is 0. The van der Waals surface area contributed by atoms with Gasteiger partial charge in [-0.2, -0.15) is 8.42 Å². The lowest BCUT2D eigenvalue weighted by atomic mass is 10.1. The summed E-state index contributed by atoms with van der Waals surface area (Å²) < 4.78 is 30.8. The van der Waals surface area contributed by atoms with E-state index in [0.29, 0.717) is 11.1 Å². The Balaban J connectivity index is 0.000000444. The van der Waals surface area contributed by atoms with Crippen molar-refractivity contribution in [2.24, 2.45) is 0 Å². The van der Waals surface area contributed by atoms with E-state index < -0.39 is 10.1 Å². The summed E-state index contributed by atoms with van der Waals surface area (Å²) in [5.41, 5.74) is 7.43. The maximum absolute atomic E-state index is 11.0. The molecule has 0 spiro atoms. The van der Waals surface area contributed by atoms with Gasteiger partial charge >= 0.3 is 0 Å². The second-order valence-electron chi connectivity index (χ2n) is 4.65. The van der Waals surface area contributed by atoms with E-state index >= 15 is 0 Å². The summed E-state index contributed by atoms with van der Waals surface area (Å²) in [6.07, 6.45) is 2.64. The molecule has 0 atom stereocenters. The van der Waals surface area contributed by atoms with Gasteiger partial charge in [-0.05, 0) is 30.0 Å². The molecule has 0 fully saturated rings. The van der Waals surface area contributed by atoms with Crippen LogP contribution in [0, 0.1) is 6.92 Å². The fourth-order valence-corrected chi connectivity index (χ4v) is 2.12. The number of rotatable bonds is 2. The van der Waals surface area contributed by atoms with Crippen molar-refractivity contribution >= 4 is 26.6 Å². The highest BCUT2D eigenvalue weighted by Gasteiger charge is 2.10. The molecule has 3 N–H and O–H groups in total. The third-order valence-electron chi connectivity index (χ3n) is 3.05. The first kappa shape index (κ1) is 16.5. The van der Waals surface area contributed by atoms with Gasteiger partial charge in [-0.3, -0.25) is 4.55 Å². The molecule has 110 valence electrons. The van der Waals surface area contributed by atoms with Crippen LogP contribution < -0.4 is 5.73 Å². The summed E-state index contributed by atoms with van der Waals surface area (Å²) in [6, 6.07) is 7.93. The molecule has 2 aromatic rings. The van der Waals surface area contributed by atoms with E-state index in [-0.39, 0.29) is 4.90 Å². The fourth-order valence-electron chi connectivity index (χ4n) is 1.60. The second kappa shape index (κ2) is 6.72. The Morgan fingerprint density at radius 3 is 2.20 bits per heavy atom. The van der Waals surface area contributed by atoms with Gasteiger partial charge in [0.2, 0.25) is 0 Å². The molecule has 20 heavy (non-hydrogen) atoms. The fraction of sp³-hybridized carbons (Fsp3) is 0.333. The number of nitrogens with two attached hydrogens (primary N) is 1. The smallest absolute Gasteiger partial charge is 0.294 e. The van der Waals surface area contributed by atoms with E-state index in [9.17, 15) is 8.42 Å².